The number of ether oxygens (including phenoxy) is 1. The topological polar surface area (TPSA) is 79.9 Å². The van der Waals surface area contributed by atoms with E-state index in [1.165, 1.54) is 6.33 Å². The Hall–Kier alpha value is -2.08. The van der Waals surface area contributed by atoms with Gasteiger partial charge in [0.1, 0.15) is 17.9 Å². The van der Waals surface area contributed by atoms with Crippen molar-refractivity contribution in [3.05, 3.63) is 41.4 Å². The molecule has 2 N–H and O–H groups in total. The van der Waals surface area contributed by atoms with Crippen LogP contribution < -0.4 is 10.1 Å². The fourth-order valence-electron chi connectivity index (χ4n) is 1.70. The molecule has 6 nitrogen and oxygen atoms in total. The summed E-state index contributed by atoms with van der Waals surface area (Å²) >= 11 is 5.81. The Balaban J connectivity index is 1.85. The van der Waals surface area contributed by atoms with Gasteiger partial charge in [-0.2, -0.15) is 5.10 Å². The normalized spacial score (nSPS) is 11.2. The molecule has 0 fully saturated rings. The van der Waals surface area contributed by atoms with Crippen LogP contribution in [0.2, 0.25) is 5.02 Å². The summed E-state index contributed by atoms with van der Waals surface area (Å²) in [5.41, 5.74) is -0.977. The molecule has 0 aliphatic heterocycles. The Bertz CT molecular complexity index is 582. The second-order valence-corrected chi connectivity index (χ2v) is 5.44. The van der Waals surface area contributed by atoms with Crippen LogP contribution in [0.1, 0.15) is 19.7 Å². The molecule has 0 radical (unpaired) electrons. The van der Waals surface area contributed by atoms with Crippen LogP contribution >= 0.6 is 11.6 Å². The van der Waals surface area contributed by atoms with Crippen LogP contribution in [0, 0.1) is 0 Å². The van der Waals surface area contributed by atoms with Crippen LogP contribution in [0.4, 0.5) is 0 Å². The van der Waals surface area contributed by atoms with Gasteiger partial charge in [0.2, 0.25) is 0 Å². The maximum absolute atomic E-state index is 12.2. The minimum atomic E-state index is -0.977. The summed E-state index contributed by atoms with van der Waals surface area (Å²) in [5.74, 6) is 1.12. The van der Waals surface area contributed by atoms with Gasteiger partial charge >= 0.3 is 0 Å². The number of halogens is 1. The maximum atomic E-state index is 12.2. The highest BCUT2D eigenvalue weighted by molar-refractivity contribution is 6.30. The Morgan fingerprint density at radius 2 is 2.10 bits per heavy atom. The number of H-pyrrole nitrogens is 1. The van der Waals surface area contributed by atoms with E-state index in [1.54, 1.807) is 38.1 Å². The Morgan fingerprint density at radius 3 is 2.71 bits per heavy atom. The van der Waals surface area contributed by atoms with Crippen molar-refractivity contribution in [2.24, 2.45) is 0 Å². The van der Waals surface area contributed by atoms with E-state index in [1.807, 2.05) is 0 Å². The van der Waals surface area contributed by atoms with Crippen molar-refractivity contribution >= 4 is 17.5 Å². The summed E-state index contributed by atoms with van der Waals surface area (Å²) in [4.78, 5) is 16.1. The first kappa shape index (κ1) is 15.3. The van der Waals surface area contributed by atoms with Crippen LogP contribution in [0.25, 0.3) is 0 Å². The molecule has 0 aliphatic rings. The van der Waals surface area contributed by atoms with Crippen molar-refractivity contribution in [1.29, 1.82) is 0 Å². The number of hydrogen-bond acceptors (Lipinski definition) is 4. The number of hydrogen-bond donors (Lipinski definition) is 2. The van der Waals surface area contributed by atoms with Gasteiger partial charge in [0.25, 0.3) is 5.91 Å². The second kappa shape index (κ2) is 6.58. The molecule has 0 spiro atoms. The minimum Gasteiger partial charge on any atom is -0.478 e. The molecule has 0 saturated heterocycles. The fraction of sp³-hybridized carbons (Fsp3) is 0.357. The van der Waals surface area contributed by atoms with Gasteiger partial charge in [-0.05, 0) is 38.1 Å². The quantitative estimate of drug-likeness (QED) is 0.855. The lowest BCUT2D eigenvalue weighted by Gasteiger charge is -2.25. The van der Waals surface area contributed by atoms with E-state index in [-0.39, 0.29) is 5.91 Å². The first-order valence-electron chi connectivity index (χ1n) is 6.54. The SMILES string of the molecule is CC(C)(Oc1ccc(Cl)cc1)C(=O)NCCc1ncn[nH]1. The maximum Gasteiger partial charge on any atom is 0.263 e. The summed E-state index contributed by atoms with van der Waals surface area (Å²) in [6.45, 7) is 3.89. The van der Waals surface area contributed by atoms with Gasteiger partial charge in [0.05, 0.1) is 0 Å². The van der Waals surface area contributed by atoms with Crippen molar-refractivity contribution in [2.75, 3.05) is 6.54 Å². The summed E-state index contributed by atoms with van der Waals surface area (Å²) < 4.78 is 5.70. The highest BCUT2D eigenvalue weighted by atomic mass is 35.5. The molecule has 0 unspecified atom stereocenters. The number of amides is 1. The van der Waals surface area contributed by atoms with Crippen molar-refractivity contribution in [3.63, 3.8) is 0 Å². The van der Waals surface area contributed by atoms with Crippen LogP contribution in [-0.2, 0) is 11.2 Å². The smallest absolute Gasteiger partial charge is 0.263 e. The number of nitrogens with one attached hydrogen (secondary N) is 2. The molecule has 1 heterocycles. The third-order valence-corrected chi connectivity index (χ3v) is 3.10. The molecular weight excluding hydrogens is 292 g/mol. The zero-order chi connectivity index (χ0) is 15.3. The van der Waals surface area contributed by atoms with Crippen molar-refractivity contribution in [1.82, 2.24) is 20.5 Å². The minimum absolute atomic E-state index is 0.197. The average Bonchev–Trinajstić information content (AvgIpc) is 2.94. The molecule has 112 valence electrons. The predicted molar refractivity (Wildman–Crippen MR) is 79.3 cm³/mol. The number of benzene rings is 1. The van der Waals surface area contributed by atoms with Gasteiger partial charge in [-0.3, -0.25) is 9.89 Å². The number of aromatic nitrogens is 3. The highest BCUT2D eigenvalue weighted by Gasteiger charge is 2.29. The molecule has 7 heteroatoms. The third-order valence-electron chi connectivity index (χ3n) is 2.85. The highest BCUT2D eigenvalue weighted by Crippen LogP contribution is 2.20. The van der Waals surface area contributed by atoms with Gasteiger partial charge in [-0.25, -0.2) is 4.98 Å². The Kier molecular flexibility index (Phi) is 4.80. The monoisotopic (exact) mass is 308 g/mol. The molecular formula is C14H17ClN4O2. The zero-order valence-electron chi connectivity index (χ0n) is 11.9. The van der Waals surface area contributed by atoms with E-state index in [9.17, 15) is 4.79 Å². The largest absolute Gasteiger partial charge is 0.478 e. The Labute approximate surface area is 127 Å². The summed E-state index contributed by atoms with van der Waals surface area (Å²) in [6, 6.07) is 6.89. The van der Waals surface area contributed by atoms with Gasteiger partial charge in [0.15, 0.2) is 5.60 Å². The second-order valence-electron chi connectivity index (χ2n) is 5.00. The lowest BCUT2D eigenvalue weighted by molar-refractivity contribution is -0.134. The van der Waals surface area contributed by atoms with Gasteiger partial charge in [-0.15, -0.1) is 0 Å². The van der Waals surface area contributed by atoms with E-state index in [2.05, 4.69) is 20.5 Å². The van der Waals surface area contributed by atoms with Crippen LogP contribution in [-0.4, -0.2) is 33.2 Å². The third kappa shape index (κ3) is 4.46. The van der Waals surface area contributed by atoms with E-state index in [4.69, 9.17) is 16.3 Å². The number of rotatable bonds is 6. The van der Waals surface area contributed by atoms with Crippen LogP contribution in [0.3, 0.4) is 0 Å². The van der Waals surface area contributed by atoms with Crippen LogP contribution in [0.5, 0.6) is 5.75 Å². The van der Waals surface area contributed by atoms with Gasteiger partial charge < -0.3 is 10.1 Å². The van der Waals surface area contributed by atoms with Gasteiger partial charge in [-0.1, -0.05) is 11.6 Å². The van der Waals surface area contributed by atoms with Crippen molar-refractivity contribution in [2.45, 2.75) is 25.9 Å². The summed E-state index contributed by atoms with van der Waals surface area (Å²) in [5, 5.41) is 9.92. The molecule has 0 saturated carbocycles. The standard InChI is InChI=1S/C14H17ClN4O2/c1-14(2,21-11-5-3-10(15)4-6-11)13(20)16-8-7-12-17-9-18-19-12/h3-6,9H,7-8H2,1-2H3,(H,16,20)(H,17,18,19). The molecule has 2 rings (SSSR count). The van der Waals surface area contributed by atoms with E-state index in [0.717, 1.165) is 5.82 Å². The summed E-state index contributed by atoms with van der Waals surface area (Å²) in [7, 11) is 0. The molecule has 1 aromatic heterocycles. The van der Waals surface area contributed by atoms with Gasteiger partial charge in [0, 0.05) is 18.0 Å². The number of nitrogens with zero attached hydrogens (tertiary/aromatic N) is 2. The Morgan fingerprint density at radius 1 is 1.38 bits per heavy atom. The van der Waals surface area contributed by atoms with Crippen molar-refractivity contribution in [3.8, 4) is 5.75 Å². The molecule has 2 aromatic rings. The molecule has 0 aliphatic carbocycles. The molecule has 0 atom stereocenters. The molecule has 0 bridgehead atoms. The molecule has 1 amide bonds. The first-order valence-corrected chi connectivity index (χ1v) is 6.92. The predicted octanol–water partition coefficient (Wildman–Crippen LogP) is 1.97. The lowest BCUT2D eigenvalue weighted by Crippen LogP contribution is -2.47. The molecule has 1 aromatic carbocycles. The van der Waals surface area contributed by atoms with E-state index >= 15 is 0 Å². The average molecular weight is 309 g/mol. The number of carbonyl (C=O) groups is 1. The lowest BCUT2D eigenvalue weighted by atomic mass is 10.1. The zero-order valence-corrected chi connectivity index (χ0v) is 12.6. The number of aromatic amines is 1. The summed E-state index contributed by atoms with van der Waals surface area (Å²) in [6.07, 6.45) is 2.02. The van der Waals surface area contributed by atoms with E-state index in [0.29, 0.717) is 23.7 Å². The fourth-order valence-corrected chi connectivity index (χ4v) is 1.83. The van der Waals surface area contributed by atoms with E-state index < -0.39 is 5.60 Å². The first-order chi connectivity index (χ1) is 9.97. The number of carbonyl (C=O) groups excluding carboxylic acids is 1. The molecule has 21 heavy (non-hydrogen) atoms. The van der Waals surface area contributed by atoms with Crippen molar-refractivity contribution < 1.29 is 9.53 Å². The van der Waals surface area contributed by atoms with Crippen LogP contribution in [0.15, 0.2) is 30.6 Å².